The SMILES string of the molecule is CC1(CNC(=O)c2cn(-c3ccccc3C(F)(F)F)nn2)CCNCC1. The number of para-hydroxylation sites is 1. The molecule has 0 atom stereocenters. The molecule has 1 saturated heterocycles. The van der Waals surface area contributed by atoms with Crippen LogP contribution in [0.1, 0.15) is 35.8 Å². The summed E-state index contributed by atoms with van der Waals surface area (Å²) in [5, 5.41) is 13.5. The van der Waals surface area contributed by atoms with Crippen molar-refractivity contribution < 1.29 is 18.0 Å². The molecule has 1 aliphatic heterocycles. The van der Waals surface area contributed by atoms with Crippen molar-refractivity contribution in [2.45, 2.75) is 25.9 Å². The van der Waals surface area contributed by atoms with Gasteiger partial charge in [0.25, 0.3) is 5.91 Å². The fourth-order valence-corrected chi connectivity index (χ4v) is 2.99. The Bertz CT molecular complexity index is 781. The van der Waals surface area contributed by atoms with Gasteiger partial charge >= 0.3 is 6.18 Å². The third kappa shape index (κ3) is 4.04. The van der Waals surface area contributed by atoms with Gasteiger partial charge in [-0.1, -0.05) is 24.3 Å². The van der Waals surface area contributed by atoms with Crippen molar-refractivity contribution in [3.8, 4) is 5.69 Å². The number of nitrogens with zero attached hydrogens (tertiary/aromatic N) is 3. The number of aromatic nitrogens is 3. The van der Waals surface area contributed by atoms with Gasteiger partial charge in [-0.25, -0.2) is 4.68 Å². The van der Waals surface area contributed by atoms with Crippen molar-refractivity contribution in [3.05, 3.63) is 41.7 Å². The van der Waals surface area contributed by atoms with Crippen molar-refractivity contribution in [2.24, 2.45) is 5.41 Å². The van der Waals surface area contributed by atoms with Crippen LogP contribution in [-0.2, 0) is 6.18 Å². The average molecular weight is 367 g/mol. The third-order valence-electron chi connectivity index (χ3n) is 4.67. The van der Waals surface area contributed by atoms with E-state index in [-0.39, 0.29) is 16.8 Å². The minimum Gasteiger partial charge on any atom is -0.350 e. The highest BCUT2D eigenvalue weighted by molar-refractivity contribution is 5.91. The van der Waals surface area contributed by atoms with Crippen molar-refractivity contribution in [2.75, 3.05) is 19.6 Å². The van der Waals surface area contributed by atoms with Gasteiger partial charge in [0, 0.05) is 6.54 Å². The normalized spacial score (nSPS) is 17.1. The van der Waals surface area contributed by atoms with Crippen LogP contribution in [0.3, 0.4) is 0 Å². The number of amides is 1. The number of nitrogens with one attached hydrogen (secondary N) is 2. The molecule has 26 heavy (non-hydrogen) atoms. The predicted octanol–water partition coefficient (Wildman–Crippen LogP) is 2.41. The van der Waals surface area contributed by atoms with Crippen LogP contribution < -0.4 is 10.6 Å². The molecule has 3 rings (SSSR count). The second-order valence-electron chi connectivity index (χ2n) is 6.81. The minimum absolute atomic E-state index is 0.000210. The van der Waals surface area contributed by atoms with Gasteiger partial charge in [0.05, 0.1) is 17.4 Å². The lowest BCUT2D eigenvalue weighted by Crippen LogP contribution is -2.43. The molecule has 9 heteroatoms. The van der Waals surface area contributed by atoms with Gasteiger partial charge in [-0.15, -0.1) is 5.10 Å². The molecule has 0 aliphatic carbocycles. The van der Waals surface area contributed by atoms with Crippen LogP contribution in [0.15, 0.2) is 30.5 Å². The highest BCUT2D eigenvalue weighted by Crippen LogP contribution is 2.33. The predicted molar refractivity (Wildman–Crippen MR) is 88.9 cm³/mol. The van der Waals surface area contributed by atoms with Crippen molar-refractivity contribution in [1.82, 2.24) is 25.6 Å². The minimum atomic E-state index is -4.52. The molecule has 0 unspecified atom stereocenters. The Morgan fingerprint density at radius 1 is 1.31 bits per heavy atom. The maximum atomic E-state index is 13.1. The molecule has 2 heterocycles. The fraction of sp³-hybridized carbons (Fsp3) is 0.471. The Labute approximate surface area is 148 Å². The number of carbonyl (C=O) groups is 1. The average Bonchev–Trinajstić information content (AvgIpc) is 3.10. The number of benzene rings is 1. The second-order valence-corrected chi connectivity index (χ2v) is 6.81. The summed E-state index contributed by atoms with van der Waals surface area (Å²) < 4.78 is 40.3. The Morgan fingerprint density at radius 2 is 2.00 bits per heavy atom. The topological polar surface area (TPSA) is 71.8 Å². The lowest BCUT2D eigenvalue weighted by atomic mass is 9.81. The van der Waals surface area contributed by atoms with E-state index in [1.807, 2.05) is 0 Å². The van der Waals surface area contributed by atoms with Crippen molar-refractivity contribution in [1.29, 1.82) is 0 Å². The van der Waals surface area contributed by atoms with E-state index < -0.39 is 17.6 Å². The molecule has 1 fully saturated rings. The Morgan fingerprint density at radius 3 is 2.69 bits per heavy atom. The molecule has 0 saturated carbocycles. The van der Waals surface area contributed by atoms with Gasteiger partial charge in [0.2, 0.25) is 0 Å². The number of carbonyl (C=O) groups excluding carboxylic acids is 1. The number of rotatable bonds is 4. The zero-order valence-corrected chi connectivity index (χ0v) is 14.3. The maximum Gasteiger partial charge on any atom is 0.418 e. The summed E-state index contributed by atoms with van der Waals surface area (Å²) in [5.74, 6) is -0.444. The Hall–Kier alpha value is -2.42. The van der Waals surface area contributed by atoms with Gasteiger partial charge in [-0.2, -0.15) is 13.2 Å². The summed E-state index contributed by atoms with van der Waals surface area (Å²) >= 11 is 0. The molecule has 0 radical (unpaired) electrons. The van der Waals surface area contributed by atoms with Crippen molar-refractivity contribution >= 4 is 5.91 Å². The standard InChI is InChI=1S/C17H20F3N5O/c1-16(6-8-21-9-7-16)11-22-15(26)13-10-25(24-23-13)14-5-3-2-4-12(14)17(18,19)20/h2-5,10,21H,6-9,11H2,1H3,(H,22,26). The quantitative estimate of drug-likeness (QED) is 0.871. The third-order valence-corrected chi connectivity index (χ3v) is 4.67. The van der Waals surface area contributed by atoms with E-state index in [0.717, 1.165) is 36.7 Å². The van der Waals surface area contributed by atoms with E-state index in [1.54, 1.807) is 0 Å². The molecule has 6 nitrogen and oxygen atoms in total. The van der Waals surface area contributed by atoms with E-state index in [1.165, 1.54) is 24.4 Å². The van der Waals surface area contributed by atoms with E-state index in [2.05, 4.69) is 27.9 Å². The van der Waals surface area contributed by atoms with Gasteiger partial charge in [0.1, 0.15) is 0 Å². The molecular formula is C17H20F3N5O. The van der Waals surface area contributed by atoms with Gasteiger partial charge in [0.15, 0.2) is 5.69 Å². The van der Waals surface area contributed by atoms with Gasteiger partial charge in [-0.3, -0.25) is 4.79 Å². The van der Waals surface area contributed by atoms with Crippen LogP contribution in [0.5, 0.6) is 0 Å². The van der Waals surface area contributed by atoms with Crippen LogP contribution in [0.2, 0.25) is 0 Å². The molecule has 1 amide bonds. The first kappa shape index (κ1) is 18.4. The highest BCUT2D eigenvalue weighted by atomic mass is 19.4. The smallest absolute Gasteiger partial charge is 0.350 e. The summed E-state index contributed by atoms with van der Waals surface area (Å²) in [6.07, 6.45) is -1.42. The number of hydrogen-bond acceptors (Lipinski definition) is 4. The molecule has 140 valence electrons. The highest BCUT2D eigenvalue weighted by Gasteiger charge is 2.34. The first-order valence-corrected chi connectivity index (χ1v) is 8.36. The molecule has 1 aromatic carbocycles. The zero-order chi connectivity index (χ0) is 18.8. The molecular weight excluding hydrogens is 347 g/mol. The Kier molecular flexibility index (Phi) is 4.99. The van der Waals surface area contributed by atoms with E-state index in [9.17, 15) is 18.0 Å². The van der Waals surface area contributed by atoms with Crippen LogP contribution in [0, 0.1) is 5.41 Å². The number of alkyl halides is 3. The summed E-state index contributed by atoms with van der Waals surface area (Å²) in [7, 11) is 0. The van der Waals surface area contributed by atoms with Gasteiger partial charge in [-0.05, 0) is 43.5 Å². The summed E-state index contributed by atoms with van der Waals surface area (Å²) in [6, 6.07) is 5.03. The Balaban J connectivity index is 1.73. The summed E-state index contributed by atoms with van der Waals surface area (Å²) in [4.78, 5) is 12.3. The van der Waals surface area contributed by atoms with Crippen molar-refractivity contribution in [3.63, 3.8) is 0 Å². The molecule has 2 aromatic rings. The van der Waals surface area contributed by atoms with Crippen LogP contribution in [0.4, 0.5) is 13.2 Å². The molecule has 2 N–H and O–H groups in total. The first-order valence-electron chi connectivity index (χ1n) is 8.36. The molecule has 1 aromatic heterocycles. The van der Waals surface area contributed by atoms with Crippen LogP contribution in [0.25, 0.3) is 5.69 Å². The number of piperidine rings is 1. The number of hydrogen-bond donors (Lipinski definition) is 2. The van der Waals surface area contributed by atoms with Crippen LogP contribution >= 0.6 is 0 Å². The zero-order valence-electron chi connectivity index (χ0n) is 14.3. The summed E-state index contributed by atoms with van der Waals surface area (Å²) in [5.41, 5.74) is -1.02. The van der Waals surface area contributed by atoms with Gasteiger partial charge < -0.3 is 10.6 Å². The fourth-order valence-electron chi connectivity index (χ4n) is 2.99. The molecule has 0 spiro atoms. The van der Waals surface area contributed by atoms with E-state index in [4.69, 9.17) is 0 Å². The maximum absolute atomic E-state index is 13.1. The monoisotopic (exact) mass is 367 g/mol. The summed E-state index contributed by atoms with van der Waals surface area (Å²) in [6.45, 7) is 4.39. The lowest BCUT2D eigenvalue weighted by molar-refractivity contribution is -0.137. The first-order chi connectivity index (χ1) is 12.3. The van der Waals surface area contributed by atoms with E-state index >= 15 is 0 Å². The number of halogens is 3. The molecule has 0 bridgehead atoms. The van der Waals surface area contributed by atoms with E-state index in [0.29, 0.717) is 6.54 Å². The largest absolute Gasteiger partial charge is 0.418 e. The lowest BCUT2D eigenvalue weighted by Gasteiger charge is -2.33. The molecule has 1 aliphatic rings. The van der Waals surface area contributed by atoms with Crippen LogP contribution in [-0.4, -0.2) is 40.5 Å². The second kappa shape index (κ2) is 7.06.